The molecule has 0 aliphatic heterocycles. The molecule has 2 aromatic carbocycles. The van der Waals surface area contributed by atoms with Gasteiger partial charge in [0.1, 0.15) is 0 Å². The normalized spacial score (nSPS) is 14.8. The molecule has 0 aromatic heterocycles. The van der Waals surface area contributed by atoms with Gasteiger partial charge in [0.2, 0.25) is 11.8 Å². The van der Waals surface area contributed by atoms with Gasteiger partial charge in [0.05, 0.1) is 5.92 Å². The van der Waals surface area contributed by atoms with Crippen LogP contribution in [0.5, 0.6) is 0 Å². The molecule has 1 atom stereocenters. The van der Waals surface area contributed by atoms with Gasteiger partial charge in [-0.1, -0.05) is 36.4 Å². The molecule has 2 amide bonds. The Morgan fingerprint density at radius 2 is 1.61 bits per heavy atom. The number of nitrogens with one attached hydrogen (secondary N) is 2. The largest absolute Gasteiger partial charge is 0.326 e. The summed E-state index contributed by atoms with van der Waals surface area (Å²) in [7, 11) is 0. The van der Waals surface area contributed by atoms with Gasteiger partial charge in [-0.2, -0.15) is 0 Å². The monoisotopic (exact) mass is 308 g/mol. The van der Waals surface area contributed by atoms with Crippen LogP contribution in [0.25, 0.3) is 0 Å². The van der Waals surface area contributed by atoms with E-state index in [4.69, 9.17) is 0 Å². The summed E-state index contributed by atoms with van der Waals surface area (Å²) in [6.07, 6.45) is 2.19. The summed E-state index contributed by atoms with van der Waals surface area (Å²) in [4.78, 5) is 23.9. The van der Waals surface area contributed by atoms with E-state index >= 15 is 0 Å². The van der Waals surface area contributed by atoms with Crippen LogP contribution in [0, 0.1) is 5.92 Å². The van der Waals surface area contributed by atoms with Crippen LogP contribution in [-0.4, -0.2) is 11.8 Å². The molecule has 4 heteroatoms. The van der Waals surface area contributed by atoms with Gasteiger partial charge in [0, 0.05) is 18.3 Å². The molecule has 0 heterocycles. The number of carbonyl (C=O) groups is 2. The van der Waals surface area contributed by atoms with E-state index in [0.717, 1.165) is 18.4 Å². The van der Waals surface area contributed by atoms with Gasteiger partial charge in [-0.25, -0.2) is 0 Å². The molecule has 1 aliphatic rings. The first-order valence-electron chi connectivity index (χ1n) is 7.87. The first kappa shape index (κ1) is 15.3. The van der Waals surface area contributed by atoms with Crippen molar-refractivity contribution in [2.24, 2.45) is 5.92 Å². The number of rotatable bonds is 5. The molecule has 23 heavy (non-hydrogen) atoms. The summed E-state index contributed by atoms with van der Waals surface area (Å²) in [5, 5.41) is 5.71. The van der Waals surface area contributed by atoms with Gasteiger partial charge in [-0.15, -0.1) is 0 Å². The Balaban J connectivity index is 1.76. The molecule has 0 saturated heterocycles. The Kier molecular flexibility index (Phi) is 4.42. The topological polar surface area (TPSA) is 58.2 Å². The average Bonchev–Trinajstić information content (AvgIpc) is 3.33. The number of hydrogen-bond donors (Lipinski definition) is 2. The van der Waals surface area contributed by atoms with Gasteiger partial charge in [0.15, 0.2) is 0 Å². The third kappa shape index (κ3) is 3.97. The van der Waals surface area contributed by atoms with Gasteiger partial charge in [-0.3, -0.25) is 9.59 Å². The maximum Gasteiger partial charge on any atom is 0.232 e. The minimum absolute atomic E-state index is 0.0127. The molecular formula is C19H20N2O2. The van der Waals surface area contributed by atoms with Crippen LogP contribution in [-0.2, 0) is 9.59 Å². The quantitative estimate of drug-likeness (QED) is 0.883. The van der Waals surface area contributed by atoms with Crippen molar-refractivity contribution in [1.82, 2.24) is 0 Å². The predicted octanol–water partition coefficient (Wildman–Crippen LogP) is 3.78. The van der Waals surface area contributed by atoms with Crippen LogP contribution in [0.15, 0.2) is 54.6 Å². The lowest BCUT2D eigenvalue weighted by molar-refractivity contribution is -0.118. The molecule has 2 N–H and O–H groups in total. The zero-order valence-corrected chi connectivity index (χ0v) is 13.1. The molecule has 1 aliphatic carbocycles. The number of hydrogen-bond acceptors (Lipinski definition) is 2. The molecule has 1 saturated carbocycles. The number of carbonyl (C=O) groups excluding carboxylic acids is 2. The third-order valence-corrected chi connectivity index (χ3v) is 3.99. The number of anilines is 2. The zero-order valence-electron chi connectivity index (χ0n) is 13.1. The minimum atomic E-state index is -0.131. The molecule has 2 aromatic rings. The van der Waals surface area contributed by atoms with Crippen LogP contribution in [0.3, 0.4) is 0 Å². The summed E-state index contributed by atoms with van der Waals surface area (Å²) < 4.78 is 0. The Bertz CT molecular complexity index is 708. The SMILES string of the molecule is CC(=O)Nc1cccc(NC(=O)C(c2ccccc2)C2CC2)c1. The highest BCUT2D eigenvalue weighted by Gasteiger charge is 2.37. The molecule has 1 fully saturated rings. The summed E-state index contributed by atoms with van der Waals surface area (Å²) in [5.74, 6) is 0.198. The lowest BCUT2D eigenvalue weighted by Gasteiger charge is -2.17. The second-order valence-electron chi connectivity index (χ2n) is 5.98. The average molecular weight is 308 g/mol. The summed E-state index contributed by atoms with van der Waals surface area (Å²) in [6, 6.07) is 17.1. The van der Waals surface area contributed by atoms with E-state index in [1.165, 1.54) is 6.92 Å². The molecular weight excluding hydrogens is 288 g/mol. The zero-order chi connectivity index (χ0) is 16.2. The van der Waals surface area contributed by atoms with Crippen molar-refractivity contribution in [2.45, 2.75) is 25.7 Å². The second-order valence-corrected chi connectivity index (χ2v) is 5.98. The van der Waals surface area contributed by atoms with E-state index in [2.05, 4.69) is 10.6 Å². The molecule has 3 rings (SSSR count). The second kappa shape index (κ2) is 6.65. The van der Waals surface area contributed by atoms with E-state index in [1.54, 1.807) is 12.1 Å². The lowest BCUT2D eigenvalue weighted by Crippen LogP contribution is -2.22. The van der Waals surface area contributed by atoms with Gasteiger partial charge < -0.3 is 10.6 Å². The predicted molar refractivity (Wildman–Crippen MR) is 91.3 cm³/mol. The standard InChI is InChI=1S/C19H20N2O2/c1-13(22)20-16-8-5-9-17(12-16)21-19(23)18(15-10-11-15)14-6-3-2-4-7-14/h2-9,12,15,18H,10-11H2,1H3,(H,20,22)(H,21,23). The maximum absolute atomic E-state index is 12.7. The Hall–Kier alpha value is -2.62. The highest BCUT2D eigenvalue weighted by atomic mass is 16.2. The molecule has 0 bridgehead atoms. The number of benzene rings is 2. The Morgan fingerprint density at radius 3 is 2.22 bits per heavy atom. The highest BCUT2D eigenvalue weighted by molar-refractivity contribution is 5.97. The van der Waals surface area contributed by atoms with Crippen molar-refractivity contribution in [3.63, 3.8) is 0 Å². The minimum Gasteiger partial charge on any atom is -0.326 e. The Morgan fingerprint density at radius 1 is 0.957 bits per heavy atom. The van der Waals surface area contributed by atoms with Gasteiger partial charge >= 0.3 is 0 Å². The first-order chi connectivity index (χ1) is 11.1. The van der Waals surface area contributed by atoms with Crippen molar-refractivity contribution < 1.29 is 9.59 Å². The molecule has 0 spiro atoms. The molecule has 0 radical (unpaired) electrons. The third-order valence-electron chi connectivity index (χ3n) is 3.99. The fourth-order valence-electron chi connectivity index (χ4n) is 2.83. The van der Waals surface area contributed by atoms with Gasteiger partial charge in [0.25, 0.3) is 0 Å². The van der Waals surface area contributed by atoms with Crippen molar-refractivity contribution in [3.8, 4) is 0 Å². The van der Waals surface area contributed by atoms with E-state index in [0.29, 0.717) is 17.3 Å². The first-order valence-corrected chi connectivity index (χ1v) is 7.87. The van der Waals surface area contributed by atoms with E-state index in [-0.39, 0.29) is 17.7 Å². The van der Waals surface area contributed by atoms with Gasteiger partial charge in [-0.05, 0) is 42.5 Å². The maximum atomic E-state index is 12.7. The van der Waals surface area contributed by atoms with Crippen LogP contribution < -0.4 is 10.6 Å². The van der Waals surface area contributed by atoms with Crippen LogP contribution in [0.4, 0.5) is 11.4 Å². The number of amides is 2. The van der Waals surface area contributed by atoms with Crippen LogP contribution >= 0.6 is 0 Å². The lowest BCUT2D eigenvalue weighted by atomic mass is 9.93. The van der Waals surface area contributed by atoms with Crippen molar-refractivity contribution in [3.05, 3.63) is 60.2 Å². The summed E-state index contributed by atoms with van der Waals surface area (Å²) in [5.41, 5.74) is 2.44. The van der Waals surface area contributed by atoms with Crippen molar-refractivity contribution >= 4 is 23.2 Å². The summed E-state index contributed by atoms with van der Waals surface area (Å²) >= 11 is 0. The van der Waals surface area contributed by atoms with Crippen molar-refractivity contribution in [2.75, 3.05) is 10.6 Å². The van der Waals surface area contributed by atoms with Crippen LogP contribution in [0.2, 0.25) is 0 Å². The molecule has 1 unspecified atom stereocenters. The highest BCUT2D eigenvalue weighted by Crippen LogP contribution is 2.43. The smallest absolute Gasteiger partial charge is 0.232 e. The van der Waals surface area contributed by atoms with E-state index in [1.807, 2.05) is 42.5 Å². The van der Waals surface area contributed by atoms with Crippen LogP contribution in [0.1, 0.15) is 31.2 Å². The fourth-order valence-corrected chi connectivity index (χ4v) is 2.83. The molecule has 4 nitrogen and oxygen atoms in total. The molecule has 118 valence electrons. The summed E-state index contributed by atoms with van der Waals surface area (Å²) in [6.45, 7) is 1.46. The van der Waals surface area contributed by atoms with E-state index in [9.17, 15) is 9.59 Å². The van der Waals surface area contributed by atoms with Crippen molar-refractivity contribution in [1.29, 1.82) is 0 Å². The Labute approximate surface area is 135 Å². The fraction of sp³-hybridized carbons (Fsp3) is 0.263. The van der Waals surface area contributed by atoms with E-state index < -0.39 is 0 Å².